The van der Waals surface area contributed by atoms with Crippen molar-refractivity contribution >= 4 is 15.9 Å². The van der Waals surface area contributed by atoms with Crippen LogP contribution in [0.15, 0.2) is 0 Å². The van der Waals surface area contributed by atoms with Gasteiger partial charge in [0.25, 0.3) is 0 Å². The molecule has 0 saturated carbocycles. The Balaban J connectivity index is 3.82. The van der Waals surface area contributed by atoms with Crippen molar-refractivity contribution in [2.45, 2.75) is 26.8 Å². The molecular weight excluding hydrogens is 270 g/mol. The molecule has 19 heavy (non-hydrogen) atoms. The third-order valence-corrected chi connectivity index (χ3v) is 3.60. The Hall–Kier alpha value is -0.700. The number of carbonyl (C=O) groups is 1. The Labute approximate surface area is 115 Å². The maximum atomic E-state index is 11.5. The fourth-order valence-electron chi connectivity index (χ4n) is 1.31. The minimum absolute atomic E-state index is 0.130. The van der Waals surface area contributed by atoms with Crippen molar-refractivity contribution in [2.24, 2.45) is 0 Å². The van der Waals surface area contributed by atoms with Gasteiger partial charge in [-0.1, -0.05) is 6.92 Å². The van der Waals surface area contributed by atoms with E-state index in [2.05, 4.69) is 15.4 Å². The van der Waals surface area contributed by atoms with Gasteiger partial charge in [-0.15, -0.1) is 0 Å². The molecule has 0 aromatic carbocycles. The number of hydrogen-bond acceptors (Lipinski definition) is 5. The molecule has 7 nitrogen and oxygen atoms in total. The maximum absolute atomic E-state index is 11.5. The Morgan fingerprint density at radius 3 is 2.58 bits per heavy atom. The van der Waals surface area contributed by atoms with Gasteiger partial charge in [0.15, 0.2) is 0 Å². The van der Waals surface area contributed by atoms with Crippen LogP contribution in [-0.4, -0.2) is 59.0 Å². The SMILES string of the molecule is CCN[C@H](C)CNC(=O)CNS(=O)(=O)CCOCC. The third-order valence-electron chi connectivity index (χ3n) is 2.31. The molecule has 0 rings (SSSR count). The van der Waals surface area contributed by atoms with Crippen LogP contribution in [0.4, 0.5) is 0 Å². The van der Waals surface area contributed by atoms with Gasteiger partial charge in [0.05, 0.1) is 18.9 Å². The molecule has 0 aromatic rings. The number of carbonyl (C=O) groups excluding carboxylic acids is 1. The van der Waals surface area contributed by atoms with E-state index in [1.807, 2.05) is 13.8 Å². The number of rotatable bonds is 11. The second kappa shape index (κ2) is 10.1. The number of likely N-dealkylation sites (N-methyl/N-ethyl adjacent to an activating group) is 1. The molecule has 0 aliphatic heterocycles. The molecule has 114 valence electrons. The minimum atomic E-state index is -3.45. The summed E-state index contributed by atoms with van der Waals surface area (Å²) in [6.45, 7) is 7.35. The normalized spacial score (nSPS) is 13.2. The predicted octanol–water partition coefficient (Wildman–Crippen LogP) is -0.943. The highest BCUT2D eigenvalue weighted by atomic mass is 32.2. The van der Waals surface area contributed by atoms with Crippen LogP contribution in [0.1, 0.15) is 20.8 Å². The molecule has 0 heterocycles. The highest BCUT2D eigenvalue weighted by Crippen LogP contribution is 1.85. The fraction of sp³-hybridized carbons (Fsp3) is 0.909. The van der Waals surface area contributed by atoms with Gasteiger partial charge < -0.3 is 15.4 Å². The lowest BCUT2D eigenvalue weighted by Crippen LogP contribution is -2.43. The van der Waals surface area contributed by atoms with Gasteiger partial charge >= 0.3 is 0 Å². The molecule has 0 saturated heterocycles. The topological polar surface area (TPSA) is 96.5 Å². The van der Waals surface area contributed by atoms with Crippen molar-refractivity contribution in [2.75, 3.05) is 38.6 Å². The van der Waals surface area contributed by atoms with Crippen LogP contribution in [0.25, 0.3) is 0 Å². The Morgan fingerprint density at radius 1 is 1.32 bits per heavy atom. The van der Waals surface area contributed by atoms with Crippen LogP contribution in [0.3, 0.4) is 0 Å². The first-order valence-electron chi connectivity index (χ1n) is 6.46. The molecule has 0 unspecified atom stereocenters. The molecule has 1 atom stereocenters. The highest BCUT2D eigenvalue weighted by molar-refractivity contribution is 7.89. The monoisotopic (exact) mass is 295 g/mol. The van der Waals surface area contributed by atoms with Crippen molar-refractivity contribution in [3.05, 3.63) is 0 Å². The van der Waals surface area contributed by atoms with Gasteiger partial charge in [0, 0.05) is 19.2 Å². The van der Waals surface area contributed by atoms with Crippen LogP contribution < -0.4 is 15.4 Å². The van der Waals surface area contributed by atoms with Crippen molar-refractivity contribution in [3.63, 3.8) is 0 Å². The third kappa shape index (κ3) is 10.9. The predicted molar refractivity (Wildman–Crippen MR) is 74.4 cm³/mol. The van der Waals surface area contributed by atoms with E-state index in [0.29, 0.717) is 13.2 Å². The number of ether oxygens (including phenoxy) is 1. The lowest BCUT2D eigenvalue weighted by atomic mass is 10.3. The van der Waals surface area contributed by atoms with Crippen LogP contribution in [-0.2, 0) is 19.6 Å². The second-order valence-corrected chi connectivity index (χ2v) is 6.03. The Bertz CT molecular complexity index is 346. The van der Waals surface area contributed by atoms with Crippen molar-refractivity contribution in [1.29, 1.82) is 0 Å². The Morgan fingerprint density at radius 2 is 2.00 bits per heavy atom. The van der Waals surface area contributed by atoms with Crippen molar-refractivity contribution < 1.29 is 17.9 Å². The van der Waals surface area contributed by atoms with Gasteiger partial charge in [-0.3, -0.25) is 4.79 Å². The zero-order valence-electron chi connectivity index (χ0n) is 11.9. The average molecular weight is 295 g/mol. The molecule has 0 aliphatic carbocycles. The van der Waals surface area contributed by atoms with Crippen LogP contribution in [0.5, 0.6) is 0 Å². The second-order valence-electron chi connectivity index (χ2n) is 4.10. The number of hydrogen-bond donors (Lipinski definition) is 3. The van der Waals surface area contributed by atoms with E-state index in [4.69, 9.17) is 4.74 Å². The van der Waals surface area contributed by atoms with E-state index in [1.165, 1.54) is 0 Å². The lowest BCUT2D eigenvalue weighted by Gasteiger charge is -2.13. The molecule has 8 heteroatoms. The van der Waals surface area contributed by atoms with Gasteiger partial charge in [-0.05, 0) is 20.4 Å². The zero-order valence-corrected chi connectivity index (χ0v) is 12.7. The van der Waals surface area contributed by atoms with E-state index < -0.39 is 10.0 Å². The van der Waals surface area contributed by atoms with Crippen molar-refractivity contribution in [3.8, 4) is 0 Å². The maximum Gasteiger partial charge on any atom is 0.235 e. The average Bonchev–Trinajstić information content (AvgIpc) is 2.34. The zero-order chi connectivity index (χ0) is 14.7. The summed E-state index contributed by atoms with van der Waals surface area (Å²) in [5.41, 5.74) is 0. The van der Waals surface area contributed by atoms with E-state index in [1.54, 1.807) is 6.92 Å². The molecule has 0 spiro atoms. The highest BCUT2D eigenvalue weighted by Gasteiger charge is 2.12. The summed E-state index contributed by atoms with van der Waals surface area (Å²) in [6, 6.07) is 0.156. The molecular formula is C11H25N3O4S. The number of amides is 1. The van der Waals surface area contributed by atoms with Gasteiger partial charge in [-0.2, -0.15) is 0 Å². The first kappa shape index (κ1) is 18.3. The summed E-state index contributed by atoms with van der Waals surface area (Å²) in [5, 5.41) is 5.79. The fourth-order valence-corrected chi connectivity index (χ4v) is 2.14. The summed E-state index contributed by atoms with van der Waals surface area (Å²) < 4.78 is 30.1. The van der Waals surface area contributed by atoms with Crippen LogP contribution >= 0.6 is 0 Å². The molecule has 0 bridgehead atoms. The molecule has 1 amide bonds. The van der Waals surface area contributed by atoms with Crippen LogP contribution in [0.2, 0.25) is 0 Å². The molecule has 0 aromatic heterocycles. The first-order valence-corrected chi connectivity index (χ1v) is 8.11. The van der Waals surface area contributed by atoms with E-state index in [0.717, 1.165) is 6.54 Å². The van der Waals surface area contributed by atoms with E-state index in [-0.39, 0.29) is 30.9 Å². The van der Waals surface area contributed by atoms with Crippen LogP contribution in [0, 0.1) is 0 Å². The van der Waals surface area contributed by atoms with Crippen molar-refractivity contribution in [1.82, 2.24) is 15.4 Å². The summed E-state index contributed by atoms with van der Waals surface area (Å²) in [6.07, 6.45) is 0. The summed E-state index contributed by atoms with van der Waals surface area (Å²) in [4.78, 5) is 11.4. The largest absolute Gasteiger partial charge is 0.381 e. The smallest absolute Gasteiger partial charge is 0.235 e. The first-order chi connectivity index (χ1) is 8.91. The lowest BCUT2D eigenvalue weighted by molar-refractivity contribution is -0.120. The van der Waals surface area contributed by atoms with E-state index in [9.17, 15) is 13.2 Å². The number of sulfonamides is 1. The molecule has 3 N–H and O–H groups in total. The molecule has 0 aliphatic rings. The molecule has 0 radical (unpaired) electrons. The minimum Gasteiger partial charge on any atom is -0.381 e. The summed E-state index contributed by atoms with van der Waals surface area (Å²) in [5.74, 6) is -0.480. The summed E-state index contributed by atoms with van der Waals surface area (Å²) >= 11 is 0. The molecule has 0 fully saturated rings. The standard InChI is InChI=1S/C11H25N3O4S/c1-4-12-10(3)8-13-11(15)9-14-19(16,17)7-6-18-5-2/h10,12,14H,4-9H2,1-3H3,(H,13,15)/t10-/m1/s1. The van der Waals surface area contributed by atoms with Gasteiger partial charge in [0.2, 0.25) is 15.9 Å². The summed E-state index contributed by atoms with van der Waals surface area (Å²) in [7, 11) is -3.45. The quantitative estimate of drug-likeness (QED) is 0.427. The number of nitrogens with one attached hydrogen (secondary N) is 3. The van der Waals surface area contributed by atoms with Gasteiger partial charge in [-0.25, -0.2) is 13.1 Å². The van der Waals surface area contributed by atoms with E-state index >= 15 is 0 Å². The van der Waals surface area contributed by atoms with Gasteiger partial charge in [0.1, 0.15) is 0 Å². The Kier molecular flexibility index (Phi) is 9.76.